The van der Waals surface area contributed by atoms with Crippen molar-refractivity contribution in [3.63, 3.8) is 0 Å². The highest BCUT2D eigenvalue weighted by Gasteiger charge is 2.40. The standard InChI is InChI=1S/C20H24N4O2S2/c1-10-18(27-20(22-10)23-12(3)25)14-7-15-9-24(11(2)13-5-6-13)19(26)17(15)16(8-14)28(4)21/h7-8,11,13,21H,5-6,9H2,1-4H3,(H,22,23,25)/t11?,28-/m1/s1. The number of aryl methyl sites for hydroxylation is 1. The van der Waals surface area contributed by atoms with E-state index >= 15 is 0 Å². The van der Waals surface area contributed by atoms with Gasteiger partial charge in [0.25, 0.3) is 5.91 Å². The van der Waals surface area contributed by atoms with Crippen molar-refractivity contribution in [3.8, 4) is 10.4 Å². The summed E-state index contributed by atoms with van der Waals surface area (Å²) >= 11 is 1.43. The van der Waals surface area contributed by atoms with Crippen LogP contribution in [0.3, 0.4) is 0 Å². The lowest BCUT2D eigenvalue weighted by Crippen LogP contribution is -2.34. The summed E-state index contributed by atoms with van der Waals surface area (Å²) < 4.78 is 8.35. The second-order valence-electron chi connectivity index (χ2n) is 7.64. The molecule has 0 spiro atoms. The fourth-order valence-corrected chi connectivity index (χ4v) is 5.67. The van der Waals surface area contributed by atoms with Crippen LogP contribution in [0.5, 0.6) is 0 Å². The molecule has 2 atom stereocenters. The third kappa shape index (κ3) is 3.39. The number of rotatable bonds is 5. The highest BCUT2D eigenvalue weighted by Crippen LogP contribution is 2.41. The predicted octanol–water partition coefficient (Wildman–Crippen LogP) is 4.20. The molecule has 8 heteroatoms. The normalized spacial score (nSPS) is 18.1. The molecule has 2 N–H and O–H groups in total. The van der Waals surface area contributed by atoms with Crippen molar-refractivity contribution in [3.05, 3.63) is 29.0 Å². The van der Waals surface area contributed by atoms with Gasteiger partial charge in [0, 0.05) is 24.4 Å². The lowest BCUT2D eigenvalue weighted by Gasteiger charge is -2.24. The second kappa shape index (κ2) is 7.08. The van der Waals surface area contributed by atoms with Crippen LogP contribution in [0.15, 0.2) is 17.0 Å². The van der Waals surface area contributed by atoms with Gasteiger partial charge in [-0.3, -0.25) is 14.4 Å². The molecule has 1 aromatic carbocycles. The number of carbonyl (C=O) groups is 2. The van der Waals surface area contributed by atoms with Crippen LogP contribution in [0.4, 0.5) is 5.13 Å². The molecular formula is C20H24N4O2S2. The molecule has 1 aromatic heterocycles. The van der Waals surface area contributed by atoms with Crippen LogP contribution < -0.4 is 5.32 Å². The van der Waals surface area contributed by atoms with Crippen molar-refractivity contribution in [1.82, 2.24) is 9.88 Å². The van der Waals surface area contributed by atoms with Crippen LogP contribution in [0, 0.1) is 17.6 Å². The van der Waals surface area contributed by atoms with E-state index in [1.807, 2.05) is 24.1 Å². The SMILES string of the molecule is CC(=O)Nc1nc(C)c(-c2cc3c(c([S@@](C)=N)c2)C(=O)N(C(C)C2CC2)C3)s1. The molecule has 2 aliphatic rings. The molecule has 2 amide bonds. The Morgan fingerprint density at radius 2 is 2.14 bits per heavy atom. The minimum atomic E-state index is -0.781. The van der Waals surface area contributed by atoms with E-state index in [0.29, 0.717) is 17.6 Å². The quantitative estimate of drug-likeness (QED) is 0.766. The molecule has 28 heavy (non-hydrogen) atoms. The second-order valence-corrected chi connectivity index (χ2v) is 10.1. The van der Waals surface area contributed by atoms with Gasteiger partial charge in [0.05, 0.1) is 16.1 Å². The molecule has 4 rings (SSSR count). The number of hydrogen-bond acceptors (Lipinski definition) is 5. The van der Waals surface area contributed by atoms with Gasteiger partial charge in [0.2, 0.25) is 5.91 Å². The highest BCUT2D eigenvalue weighted by atomic mass is 32.2. The zero-order valence-electron chi connectivity index (χ0n) is 16.5. The highest BCUT2D eigenvalue weighted by molar-refractivity contribution is 7.85. The van der Waals surface area contributed by atoms with E-state index in [9.17, 15) is 9.59 Å². The van der Waals surface area contributed by atoms with Crippen LogP contribution in [0.25, 0.3) is 10.4 Å². The molecule has 1 unspecified atom stereocenters. The summed E-state index contributed by atoms with van der Waals surface area (Å²) in [6, 6.07) is 4.29. The van der Waals surface area contributed by atoms with Gasteiger partial charge in [-0.05, 0) is 62.1 Å². The fraction of sp³-hybridized carbons (Fsp3) is 0.450. The Kier molecular flexibility index (Phi) is 4.87. The molecule has 1 aliphatic heterocycles. The van der Waals surface area contributed by atoms with Crippen molar-refractivity contribution < 1.29 is 9.59 Å². The Hall–Kier alpha value is -2.06. The summed E-state index contributed by atoms with van der Waals surface area (Å²) in [4.78, 5) is 32.7. The Bertz CT molecular complexity index is 1010. The minimum absolute atomic E-state index is 0.0718. The van der Waals surface area contributed by atoms with E-state index < -0.39 is 10.7 Å². The molecule has 2 heterocycles. The summed E-state index contributed by atoms with van der Waals surface area (Å²) in [5.41, 5.74) is 3.54. The third-order valence-corrected chi connectivity index (χ3v) is 7.57. The van der Waals surface area contributed by atoms with Crippen molar-refractivity contribution in [2.45, 2.75) is 51.1 Å². The third-order valence-electron chi connectivity index (χ3n) is 5.47. The number of amides is 2. The predicted molar refractivity (Wildman–Crippen MR) is 113 cm³/mol. The molecule has 2 aromatic rings. The van der Waals surface area contributed by atoms with Crippen LogP contribution in [-0.2, 0) is 22.0 Å². The van der Waals surface area contributed by atoms with Gasteiger partial charge in [-0.25, -0.2) is 4.98 Å². The lowest BCUT2D eigenvalue weighted by atomic mass is 10.0. The van der Waals surface area contributed by atoms with Gasteiger partial charge in [-0.1, -0.05) is 22.0 Å². The number of nitrogens with zero attached hydrogens (tertiary/aromatic N) is 2. The van der Waals surface area contributed by atoms with Gasteiger partial charge >= 0.3 is 0 Å². The smallest absolute Gasteiger partial charge is 0.255 e. The van der Waals surface area contributed by atoms with Crippen molar-refractivity contribution in [2.24, 2.45) is 5.92 Å². The molecule has 0 radical (unpaired) electrons. The van der Waals surface area contributed by atoms with E-state index in [-0.39, 0.29) is 17.9 Å². The molecule has 148 valence electrons. The van der Waals surface area contributed by atoms with Crippen molar-refractivity contribution >= 4 is 39.0 Å². The number of fused-ring (bicyclic) bond motifs is 1. The van der Waals surface area contributed by atoms with Crippen LogP contribution in [-0.4, -0.2) is 34.0 Å². The molecule has 0 saturated heterocycles. The van der Waals surface area contributed by atoms with E-state index in [1.165, 1.54) is 31.1 Å². The Balaban J connectivity index is 1.77. The van der Waals surface area contributed by atoms with Crippen molar-refractivity contribution in [1.29, 1.82) is 4.78 Å². The lowest BCUT2D eigenvalue weighted by molar-refractivity contribution is -0.114. The maximum atomic E-state index is 13.1. The maximum absolute atomic E-state index is 13.1. The molecular weight excluding hydrogens is 392 g/mol. The average Bonchev–Trinajstić information content (AvgIpc) is 3.33. The average molecular weight is 417 g/mol. The Labute approximate surface area is 171 Å². The summed E-state index contributed by atoms with van der Waals surface area (Å²) in [6.45, 7) is 6.14. The van der Waals surface area contributed by atoms with Crippen LogP contribution in [0.2, 0.25) is 0 Å². The van der Waals surface area contributed by atoms with Gasteiger partial charge in [-0.2, -0.15) is 0 Å². The first-order valence-corrected chi connectivity index (χ1v) is 11.8. The monoisotopic (exact) mass is 416 g/mol. The number of anilines is 1. The molecule has 0 bridgehead atoms. The van der Waals surface area contributed by atoms with E-state index in [4.69, 9.17) is 4.78 Å². The fourth-order valence-electron chi connectivity index (χ4n) is 3.84. The van der Waals surface area contributed by atoms with E-state index in [2.05, 4.69) is 23.3 Å². The number of aromatic nitrogens is 1. The first-order valence-electron chi connectivity index (χ1n) is 9.36. The zero-order valence-corrected chi connectivity index (χ0v) is 18.1. The Morgan fingerprint density at radius 3 is 2.75 bits per heavy atom. The summed E-state index contributed by atoms with van der Waals surface area (Å²) in [7, 11) is -0.781. The largest absolute Gasteiger partial charge is 0.331 e. The van der Waals surface area contributed by atoms with Gasteiger partial charge in [0.15, 0.2) is 5.13 Å². The number of thiazole rings is 1. The van der Waals surface area contributed by atoms with Gasteiger partial charge < -0.3 is 10.2 Å². The summed E-state index contributed by atoms with van der Waals surface area (Å²) in [5, 5.41) is 3.32. The van der Waals surface area contributed by atoms with E-state index in [1.54, 1.807) is 0 Å². The first-order chi connectivity index (χ1) is 13.3. The first kappa shape index (κ1) is 19.3. The summed E-state index contributed by atoms with van der Waals surface area (Å²) in [6.07, 6.45) is 4.23. The van der Waals surface area contributed by atoms with Crippen LogP contribution >= 0.6 is 11.3 Å². The molecule has 1 aliphatic carbocycles. The molecule has 6 nitrogen and oxygen atoms in total. The van der Waals surface area contributed by atoms with E-state index in [0.717, 1.165) is 32.2 Å². The molecule has 1 fully saturated rings. The van der Waals surface area contributed by atoms with Crippen molar-refractivity contribution in [2.75, 3.05) is 11.6 Å². The molecule has 1 saturated carbocycles. The maximum Gasteiger partial charge on any atom is 0.255 e. The Morgan fingerprint density at radius 1 is 1.43 bits per heavy atom. The van der Waals surface area contributed by atoms with Gasteiger partial charge in [-0.15, -0.1) is 0 Å². The zero-order chi connectivity index (χ0) is 20.2. The van der Waals surface area contributed by atoms with Gasteiger partial charge in [0.1, 0.15) is 0 Å². The number of nitrogens with one attached hydrogen (secondary N) is 2. The number of carbonyl (C=O) groups excluding carboxylic acids is 2. The van der Waals surface area contributed by atoms with Crippen LogP contribution in [0.1, 0.15) is 48.3 Å². The minimum Gasteiger partial charge on any atom is -0.331 e. The topological polar surface area (TPSA) is 86.1 Å². The number of hydrogen-bond donors (Lipinski definition) is 2. The number of benzene rings is 1. The summed E-state index contributed by atoms with van der Waals surface area (Å²) in [5.74, 6) is 0.537.